The summed E-state index contributed by atoms with van der Waals surface area (Å²) in [6, 6.07) is 7.60. The summed E-state index contributed by atoms with van der Waals surface area (Å²) in [6.07, 6.45) is 1.14. The molecule has 2 N–H and O–H groups in total. The molecule has 0 radical (unpaired) electrons. The van der Waals surface area contributed by atoms with E-state index < -0.39 is 10.0 Å². The van der Waals surface area contributed by atoms with Crippen LogP contribution in [0, 0.1) is 5.92 Å². The molecule has 1 aromatic carbocycles. The van der Waals surface area contributed by atoms with Crippen molar-refractivity contribution in [3.63, 3.8) is 0 Å². The fraction of sp³-hybridized carbons (Fsp3) is 0.500. The van der Waals surface area contributed by atoms with Crippen LogP contribution in [0.1, 0.15) is 20.8 Å². The Morgan fingerprint density at radius 3 is 2.24 bits per heavy atom. The maximum atomic E-state index is 11.1. The van der Waals surface area contributed by atoms with Crippen molar-refractivity contribution in [2.24, 2.45) is 5.92 Å². The molecule has 1 rings (SSSR count). The number of hydrogen-bond acceptors (Lipinski definition) is 3. The van der Waals surface area contributed by atoms with Crippen LogP contribution in [0.3, 0.4) is 0 Å². The molecule has 5 heteroatoms. The van der Waals surface area contributed by atoms with Gasteiger partial charge in [-0.3, -0.25) is 4.72 Å². The molecule has 0 spiro atoms. The molecule has 0 saturated heterocycles. The summed E-state index contributed by atoms with van der Waals surface area (Å²) in [4.78, 5) is 0. The minimum Gasteiger partial charge on any atom is -0.382 e. The Balaban J connectivity index is 2.79. The smallest absolute Gasteiger partial charge is 0.229 e. The standard InChI is InChI=1S/C12H20N2O2S/c1-9(2)10(3)13-11-6-5-7-12(8-11)14-17(4,15)16/h5-10,13-14H,1-4H3. The lowest BCUT2D eigenvalue weighted by molar-refractivity contribution is 0.560. The molecule has 17 heavy (non-hydrogen) atoms. The van der Waals surface area contributed by atoms with Gasteiger partial charge in [0.25, 0.3) is 0 Å². The first-order valence-corrected chi connectivity index (χ1v) is 7.51. The molecule has 4 nitrogen and oxygen atoms in total. The number of anilines is 2. The Bertz CT molecular complexity index is 469. The molecule has 1 atom stereocenters. The van der Waals surface area contributed by atoms with Crippen LogP contribution in [0.4, 0.5) is 11.4 Å². The van der Waals surface area contributed by atoms with Gasteiger partial charge in [-0.05, 0) is 31.0 Å². The maximum absolute atomic E-state index is 11.1. The van der Waals surface area contributed by atoms with Gasteiger partial charge >= 0.3 is 0 Å². The predicted octanol–water partition coefficient (Wildman–Crippen LogP) is 2.51. The third kappa shape index (κ3) is 5.08. The molecule has 0 saturated carbocycles. The monoisotopic (exact) mass is 256 g/mol. The molecule has 96 valence electrons. The highest BCUT2D eigenvalue weighted by Gasteiger charge is 2.07. The topological polar surface area (TPSA) is 58.2 Å². The normalized spacial score (nSPS) is 13.5. The van der Waals surface area contributed by atoms with Crippen molar-refractivity contribution in [2.45, 2.75) is 26.8 Å². The van der Waals surface area contributed by atoms with Crippen LogP contribution in [-0.2, 0) is 10.0 Å². The van der Waals surface area contributed by atoms with Crippen molar-refractivity contribution < 1.29 is 8.42 Å². The largest absolute Gasteiger partial charge is 0.382 e. The van der Waals surface area contributed by atoms with Crippen molar-refractivity contribution in [1.29, 1.82) is 0 Å². The highest BCUT2D eigenvalue weighted by molar-refractivity contribution is 7.92. The van der Waals surface area contributed by atoms with Crippen molar-refractivity contribution in [2.75, 3.05) is 16.3 Å². The van der Waals surface area contributed by atoms with Gasteiger partial charge in [-0.2, -0.15) is 0 Å². The minimum absolute atomic E-state index is 0.337. The second kappa shape index (κ2) is 5.40. The van der Waals surface area contributed by atoms with Gasteiger partial charge in [0.1, 0.15) is 0 Å². The summed E-state index contributed by atoms with van der Waals surface area (Å²) in [5.41, 5.74) is 1.49. The van der Waals surface area contributed by atoms with Crippen LogP contribution in [0.25, 0.3) is 0 Å². The minimum atomic E-state index is -3.22. The van der Waals surface area contributed by atoms with E-state index in [1.54, 1.807) is 12.1 Å². The number of sulfonamides is 1. The van der Waals surface area contributed by atoms with E-state index in [1.807, 2.05) is 12.1 Å². The molecule has 0 aliphatic rings. The molecule has 0 aliphatic heterocycles. The number of rotatable bonds is 5. The van der Waals surface area contributed by atoms with Crippen molar-refractivity contribution in [3.8, 4) is 0 Å². The molecule has 0 fully saturated rings. The Morgan fingerprint density at radius 1 is 1.12 bits per heavy atom. The number of benzene rings is 1. The quantitative estimate of drug-likeness (QED) is 0.851. The molecule has 0 heterocycles. The van der Waals surface area contributed by atoms with Gasteiger partial charge in [-0.15, -0.1) is 0 Å². The van der Waals surface area contributed by atoms with E-state index in [0.29, 0.717) is 17.6 Å². The Kier molecular flexibility index (Phi) is 4.40. The third-order valence-electron chi connectivity index (χ3n) is 2.56. The van der Waals surface area contributed by atoms with Crippen molar-refractivity contribution >= 4 is 21.4 Å². The fourth-order valence-electron chi connectivity index (χ4n) is 1.32. The summed E-state index contributed by atoms with van der Waals surface area (Å²) in [7, 11) is -3.22. The molecular weight excluding hydrogens is 236 g/mol. The molecule has 1 unspecified atom stereocenters. The summed E-state index contributed by atoms with van der Waals surface area (Å²) in [5, 5.41) is 3.33. The van der Waals surface area contributed by atoms with Gasteiger partial charge in [0.15, 0.2) is 0 Å². The summed E-state index contributed by atoms with van der Waals surface area (Å²) < 4.78 is 24.7. The van der Waals surface area contributed by atoms with E-state index in [1.165, 1.54) is 0 Å². The zero-order chi connectivity index (χ0) is 13.1. The molecule has 1 aromatic rings. The SMILES string of the molecule is CC(C)C(C)Nc1cccc(NS(C)(=O)=O)c1. The maximum Gasteiger partial charge on any atom is 0.229 e. The van der Waals surface area contributed by atoms with Crippen LogP contribution in [-0.4, -0.2) is 20.7 Å². The average molecular weight is 256 g/mol. The average Bonchev–Trinajstić information content (AvgIpc) is 2.15. The second-order valence-electron chi connectivity index (χ2n) is 4.63. The number of hydrogen-bond donors (Lipinski definition) is 2. The van der Waals surface area contributed by atoms with Gasteiger partial charge in [0.2, 0.25) is 10.0 Å². The van der Waals surface area contributed by atoms with Crippen LogP contribution >= 0.6 is 0 Å². The lowest BCUT2D eigenvalue weighted by Crippen LogP contribution is -2.21. The molecular formula is C12H20N2O2S. The van der Waals surface area contributed by atoms with E-state index >= 15 is 0 Å². The first-order chi connectivity index (χ1) is 7.78. The summed E-state index contributed by atoms with van der Waals surface area (Å²) in [6.45, 7) is 6.37. The van der Waals surface area contributed by atoms with Crippen molar-refractivity contribution in [3.05, 3.63) is 24.3 Å². The van der Waals surface area contributed by atoms with Crippen LogP contribution < -0.4 is 10.0 Å². The van der Waals surface area contributed by atoms with Crippen LogP contribution in [0.5, 0.6) is 0 Å². The van der Waals surface area contributed by atoms with Gasteiger partial charge in [0.05, 0.1) is 11.9 Å². The first-order valence-electron chi connectivity index (χ1n) is 5.62. The fourth-order valence-corrected chi connectivity index (χ4v) is 1.87. The van der Waals surface area contributed by atoms with E-state index in [0.717, 1.165) is 11.9 Å². The van der Waals surface area contributed by atoms with Crippen LogP contribution in [0.15, 0.2) is 24.3 Å². The van der Waals surface area contributed by atoms with E-state index in [9.17, 15) is 8.42 Å². The Morgan fingerprint density at radius 2 is 1.71 bits per heavy atom. The lowest BCUT2D eigenvalue weighted by Gasteiger charge is -2.19. The highest BCUT2D eigenvalue weighted by Crippen LogP contribution is 2.18. The Labute approximate surface area is 103 Å². The third-order valence-corrected chi connectivity index (χ3v) is 3.17. The molecule has 0 aliphatic carbocycles. The predicted molar refractivity (Wildman–Crippen MR) is 72.8 cm³/mol. The highest BCUT2D eigenvalue weighted by atomic mass is 32.2. The van der Waals surface area contributed by atoms with Gasteiger partial charge < -0.3 is 5.32 Å². The van der Waals surface area contributed by atoms with Crippen molar-refractivity contribution in [1.82, 2.24) is 0 Å². The first kappa shape index (κ1) is 13.8. The molecule has 0 amide bonds. The van der Waals surface area contributed by atoms with Gasteiger partial charge in [-0.1, -0.05) is 19.9 Å². The second-order valence-corrected chi connectivity index (χ2v) is 6.38. The summed E-state index contributed by atoms with van der Waals surface area (Å²) in [5.74, 6) is 0.515. The van der Waals surface area contributed by atoms with E-state index in [-0.39, 0.29) is 0 Å². The molecule has 0 bridgehead atoms. The summed E-state index contributed by atoms with van der Waals surface area (Å²) >= 11 is 0. The molecule has 0 aromatic heterocycles. The Hall–Kier alpha value is -1.23. The van der Waals surface area contributed by atoms with E-state index in [4.69, 9.17) is 0 Å². The number of nitrogens with one attached hydrogen (secondary N) is 2. The lowest BCUT2D eigenvalue weighted by atomic mass is 10.1. The zero-order valence-corrected chi connectivity index (χ0v) is 11.5. The van der Waals surface area contributed by atoms with Crippen LogP contribution in [0.2, 0.25) is 0 Å². The van der Waals surface area contributed by atoms with Gasteiger partial charge in [-0.25, -0.2) is 8.42 Å². The van der Waals surface area contributed by atoms with Gasteiger partial charge in [0, 0.05) is 11.7 Å². The zero-order valence-electron chi connectivity index (χ0n) is 10.7. The van der Waals surface area contributed by atoms with E-state index in [2.05, 4.69) is 30.8 Å².